The number of aromatic amines is 1. The van der Waals surface area contributed by atoms with Crippen molar-refractivity contribution in [2.45, 2.75) is 23.4 Å². The number of anilines is 1. The molecule has 7 nitrogen and oxygen atoms in total. The number of rotatable bonds is 6. The zero-order chi connectivity index (χ0) is 17.2. The molecule has 0 fully saturated rings. The number of hydrogen-bond donors (Lipinski definition) is 3. The summed E-state index contributed by atoms with van der Waals surface area (Å²) in [6.07, 6.45) is 1.89. The second-order valence-electron chi connectivity index (χ2n) is 5.13. The van der Waals surface area contributed by atoms with Gasteiger partial charge in [0.05, 0.1) is 16.3 Å². The maximum absolute atomic E-state index is 12.1. The quantitative estimate of drug-likeness (QED) is 0.580. The van der Waals surface area contributed by atoms with Crippen LogP contribution in [0, 0.1) is 0 Å². The smallest absolute Gasteiger partial charge is 0.232 e. The third-order valence-corrected chi connectivity index (χ3v) is 5.72. The molecule has 0 aliphatic carbocycles. The summed E-state index contributed by atoms with van der Waals surface area (Å²) in [5.41, 5.74) is 0.430. The fourth-order valence-corrected chi connectivity index (χ4v) is 4.26. The second kappa shape index (κ2) is 6.70. The van der Waals surface area contributed by atoms with Gasteiger partial charge in [-0.1, -0.05) is 31.2 Å². The number of aromatic nitrogens is 3. The van der Waals surface area contributed by atoms with Crippen molar-refractivity contribution in [2.24, 2.45) is 0 Å². The molecule has 0 amide bonds. The molecule has 24 heavy (non-hydrogen) atoms. The van der Waals surface area contributed by atoms with Gasteiger partial charge in [0.15, 0.2) is 5.16 Å². The summed E-state index contributed by atoms with van der Waals surface area (Å²) >= 11 is 1.18. The van der Waals surface area contributed by atoms with Crippen LogP contribution in [0.4, 0.5) is 5.69 Å². The lowest BCUT2D eigenvalue weighted by Crippen LogP contribution is -2.16. The van der Waals surface area contributed by atoms with Crippen LogP contribution in [0.2, 0.25) is 0 Å². The molecule has 1 heterocycles. The minimum atomic E-state index is -3.44. The van der Waals surface area contributed by atoms with E-state index in [1.165, 1.54) is 18.1 Å². The van der Waals surface area contributed by atoms with Gasteiger partial charge in [0.1, 0.15) is 12.1 Å². The second-order valence-corrected chi connectivity index (χ2v) is 8.00. The number of nitrogens with one attached hydrogen (secondary N) is 2. The molecule has 3 N–H and O–H groups in total. The van der Waals surface area contributed by atoms with E-state index in [0.29, 0.717) is 32.9 Å². The zero-order valence-corrected chi connectivity index (χ0v) is 14.5. The van der Waals surface area contributed by atoms with Crippen LogP contribution in [0.5, 0.6) is 5.75 Å². The van der Waals surface area contributed by atoms with Crippen molar-refractivity contribution in [1.82, 2.24) is 15.2 Å². The predicted octanol–water partition coefficient (Wildman–Crippen LogP) is 2.97. The van der Waals surface area contributed by atoms with E-state index in [1.807, 2.05) is 0 Å². The van der Waals surface area contributed by atoms with E-state index in [0.717, 1.165) is 0 Å². The van der Waals surface area contributed by atoms with Crippen LogP contribution in [0.1, 0.15) is 13.3 Å². The molecule has 0 bridgehead atoms. The van der Waals surface area contributed by atoms with Crippen molar-refractivity contribution < 1.29 is 13.5 Å². The average molecular weight is 364 g/mol. The van der Waals surface area contributed by atoms with Gasteiger partial charge < -0.3 is 5.11 Å². The SMILES string of the molecule is CCCS(=O)(=O)Nc1cc(Sc2ncn[nH]2)c(O)c2ccccc12. The molecule has 0 saturated heterocycles. The monoisotopic (exact) mass is 364 g/mol. The summed E-state index contributed by atoms with van der Waals surface area (Å²) < 4.78 is 26.9. The first-order valence-corrected chi connectivity index (χ1v) is 9.75. The van der Waals surface area contributed by atoms with E-state index in [1.54, 1.807) is 37.3 Å². The maximum atomic E-state index is 12.1. The first-order chi connectivity index (χ1) is 11.5. The molecule has 0 unspecified atom stereocenters. The van der Waals surface area contributed by atoms with Gasteiger partial charge >= 0.3 is 0 Å². The Hall–Kier alpha value is -2.26. The molecule has 1 aromatic heterocycles. The molecular weight excluding hydrogens is 348 g/mol. The fourth-order valence-electron chi connectivity index (χ4n) is 2.33. The topological polar surface area (TPSA) is 108 Å². The highest BCUT2D eigenvalue weighted by atomic mass is 32.2. The van der Waals surface area contributed by atoms with Crippen molar-refractivity contribution in [3.8, 4) is 5.75 Å². The van der Waals surface area contributed by atoms with Gasteiger partial charge in [-0.2, -0.15) is 5.10 Å². The molecule has 0 spiro atoms. The van der Waals surface area contributed by atoms with Crippen LogP contribution in [0.3, 0.4) is 0 Å². The van der Waals surface area contributed by atoms with E-state index >= 15 is 0 Å². The molecule has 0 aliphatic heterocycles. The van der Waals surface area contributed by atoms with Gasteiger partial charge in [-0.3, -0.25) is 9.82 Å². The highest BCUT2D eigenvalue weighted by molar-refractivity contribution is 7.99. The van der Waals surface area contributed by atoms with Gasteiger partial charge in [-0.25, -0.2) is 13.4 Å². The van der Waals surface area contributed by atoms with Crippen molar-refractivity contribution in [2.75, 3.05) is 10.5 Å². The first kappa shape index (κ1) is 16.6. The molecule has 3 rings (SSSR count). The Balaban J connectivity index is 2.11. The molecule has 0 radical (unpaired) electrons. The maximum Gasteiger partial charge on any atom is 0.232 e. The minimum Gasteiger partial charge on any atom is -0.506 e. The van der Waals surface area contributed by atoms with Gasteiger partial charge in [-0.15, -0.1) is 0 Å². The van der Waals surface area contributed by atoms with Crippen molar-refractivity contribution in [1.29, 1.82) is 0 Å². The third kappa shape index (κ3) is 3.46. The third-order valence-electron chi connectivity index (χ3n) is 3.32. The highest BCUT2D eigenvalue weighted by Crippen LogP contribution is 2.41. The molecule has 126 valence electrons. The summed E-state index contributed by atoms with van der Waals surface area (Å²) in [4.78, 5) is 4.50. The summed E-state index contributed by atoms with van der Waals surface area (Å²) in [7, 11) is -3.44. The van der Waals surface area contributed by atoms with Crippen LogP contribution in [-0.2, 0) is 10.0 Å². The number of phenolic OH excluding ortho intramolecular Hbond substituents is 1. The Morgan fingerprint density at radius 1 is 1.29 bits per heavy atom. The van der Waals surface area contributed by atoms with Crippen molar-refractivity contribution in [3.05, 3.63) is 36.7 Å². The molecule has 0 saturated carbocycles. The number of benzene rings is 2. The first-order valence-electron chi connectivity index (χ1n) is 7.28. The van der Waals surface area contributed by atoms with Crippen LogP contribution in [-0.4, -0.2) is 34.5 Å². The Morgan fingerprint density at radius 3 is 2.71 bits per heavy atom. The Bertz CT molecular complexity index is 956. The van der Waals surface area contributed by atoms with E-state index in [9.17, 15) is 13.5 Å². The average Bonchev–Trinajstić information content (AvgIpc) is 3.04. The molecule has 0 atom stereocenters. The lowest BCUT2D eigenvalue weighted by molar-refractivity contribution is 0.469. The Kier molecular flexibility index (Phi) is 4.63. The number of aromatic hydroxyl groups is 1. The fraction of sp³-hybridized carbons (Fsp3) is 0.200. The molecule has 0 aliphatic rings. The number of fused-ring (bicyclic) bond motifs is 1. The summed E-state index contributed by atoms with van der Waals surface area (Å²) in [6, 6.07) is 8.70. The molecule has 2 aromatic carbocycles. The van der Waals surface area contributed by atoms with Crippen LogP contribution < -0.4 is 4.72 Å². The summed E-state index contributed by atoms with van der Waals surface area (Å²) in [6.45, 7) is 1.80. The predicted molar refractivity (Wildman–Crippen MR) is 93.8 cm³/mol. The van der Waals surface area contributed by atoms with E-state index in [4.69, 9.17) is 0 Å². The van der Waals surface area contributed by atoms with E-state index in [-0.39, 0.29) is 11.5 Å². The van der Waals surface area contributed by atoms with E-state index < -0.39 is 10.0 Å². The van der Waals surface area contributed by atoms with Gasteiger partial charge in [-0.05, 0) is 24.2 Å². The largest absolute Gasteiger partial charge is 0.506 e. The summed E-state index contributed by atoms with van der Waals surface area (Å²) in [5, 5.41) is 18.7. The lowest BCUT2D eigenvalue weighted by Gasteiger charge is -2.14. The molecule has 3 aromatic rings. The van der Waals surface area contributed by atoms with E-state index in [2.05, 4.69) is 19.9 Å². The van der Waals surface area contributed by atoms with Gasteiger partial charge in [0.2, 0.25) is 10.0 Å². The number of hydrogen-bond acceptors (Lipinski definition) is 6. The number of H-pyrrole nitrogens is 1. The normalized spacial score (nSPS) is 11.7. The van der Waals surface area contributed by atoms with Crippen LogP contribution >= 0.6 is 11.8 Å². The number of sulfonamides is 1. The Morgan fingerprint density at radius 2 is 2.04 bits per heavy atom. The van der Waals surface area contributed by atoms with Crippen LogP contribution in [0.15, 0.2) is 46.7 Å². The molecular formula is C15H16N4O3S2. The van der Waals surface area contributed by atoms with Gasteiger partial charge in [0.25, 0.3) is 0 Å². The zero-order valence-electron chi connectivity index (χ0n) is 12.9. The summed E-state index contributed by atoms with van der Waals surface area (Å²) in [5.74, 6) is 0.109. The standard InChI is InChI=1S/C15H16N4O3S2/c1-2-7-24(21,22)19-12-8-13(23-15-16-9-17-18-15)14(20)11-6-4-3-5-10(11)12/h3-6,8-9,19-20H,2,7H2,1H3,(H,16,17,18). The number of phenols is 1. The minimum absolute atomic E-state index is 0.0345. The van der Waals surface area contributed by atoms with Gasteiger partial charge in [0, 0.05) is 10.8 Å². The number of nitrogens with zero attached hydrogens (tertiary/aromatic N) is 2. The lowest BCUT2D eigenvalue weighted by atomic mass is 10.1. The highest BCUT2D eigenvalue weighted by Gasteiger charge is 2.17. The van der Waals surface area contributed by atoms with Crippen molar-refractivity contribution >= 4 is 38.2 Å². The Labute approximate surface area is 143 Å². The molecule has 9 heteroatoms. The van der Waals surface area contributed by atoms with Crippen molar-refractivity contribution in [3.63, 3.8) is 0 Å². The van der Waals surface area contributed by atoms with Crippen LogP contribution in [0.25, 0.3) is 10.8 Å².